The number of methoxy groups -OCH3 is 2. The predicted octanol–water partition coefficient (Wildman–Crippen LogP) is 3.46. The first-order chi connectivity index (χ1) is 14.6. The molecule has 1 fully saturated rings. The molecule has 0 spiro atoms. The molecule has 2 atom stereocenters. The zero-order valence-corrected chi connectivity index (χ0v) is 19.5. The smallest absolute Gasteiger partial charge is 0.348 e. The number of benzene rings is 1. The van der Waals surface area contributed by atoms with Crippen LogP contribution in [0.3, 0.4) is 0 Å². The topological polar surface area (TPSA) is 102 Å². The summed E-state index contributed by atoms with van der Waals surface area (Å²) in [6, 6.07) is 7.46. The monoisotopic (exact) mass is 466 g/mol. The third kappa shape index (κ3) is 5.08. The van der Waals surface area contributed by atoms with E-state index in [1.54, 1.807) is 12.1 Å². The van der Waals surface area contributed by atoms with Crippen LogP contribution in [0.15, 0.2) is 35.2 Å². The molecule has 31 heavy (non-hydrogen) atoms. The van der Waals surface area contributed by atoms with E-state index in [0.717, 1.165) is 17.8 Å². The lowest BCUT2D eigenvalue weighted by Crippen LogP contribution is -2.42. The van der Waals surface area contributed by atoms with E-state index in [1.807, 2.05) is 13.8 Å². The second-order valence-corrected chi connectivity index (χ2v) is 10.7. The molecule has 1 amide bonds. The maximum atomic E-state index is 13.4. The summed E-state index contributed by atoms with van der Waals surface area (Å²) in [4.78, 5) is 24.7. The van der Waals surface area contributed by atoms with Crippen molar-refractivity contribution < 1.29 is 27.5 Å². The number of thiophene rings is 1. The highest BCUT2D eigenvalue weighted by molar-refractivity contribution is 7.89. The summed E-state index contributed by atoms with van der Waals surface area (Å²) < 4.78 is 38.1. The van der Waals surface area contributed by atoms with Gasteiger partial charge in [-0.05, 0) is 48.6 Å². The SMILES string of the molecule is COC(=O)c1ccc(NC(=O)c2ccc(OC)c(S(=O)(=O)N3C[C@H](C)C[C@H](C)C3)c2)s1. The van der Waals surface area contributed by atoms with Gasteiger partial charge in [0.05, 0.1) is 19.2 Å². The molecule has 1 saturated heterocycles. The van der Waals surface area contributed by atoms with Gasteiger partial charge in [-0.1, -0.05) is 13.8 Å². The number of rotatable bonds is 6. The number of anilines is 1. The number of ether oxygens (including phenoxy) is 2. The molecule has 2 aromatic rings. The molecular formula is C21H26N2O6S2. The van der Waals surface area contributed by atoms with Gasteiger partial charge in [-0.15, -0.1) is 11.3 Å². The van der Waals surface area contributed by atoms with E-state index in [9.17, 15) is 18.0 Å². The number of esters is 1. The number of nitrogens with zero attached hydrogens (tertiary/aromatic N) is 1. The molecule has 0 unspecified atom stereocenters. The fourth-order valence-electron chi connectivity index (χ4n) is 3.76. The van der Waals surface area contributed by atoms with Gasteiger partial charge in [-0.25, -0.2) is 13.2 Å². The van der Waals surface area contributed by atoms with Crippen LogP contribution >= 0.6 is 11.3 Å². The first kappa shape index (κ1) is 23.2. The lowest BCUT2D eigenvalue weighted by Gasteiger charge is -2.34. The predicted molar refractivity (Wildman–Crippen MR) is 118 cm³/mol. The summed E-state index contributed by atoms with van der Waals surface area (Å²) in [5, 5.41) is 3.14. The van der Waals surface area contributed by atoms with Gasteiger partial charge in [0.1, 0.15) is 15.5 Å². The van der Waals surface area contributed by atoms with Crippen LogP contribution in [-0.2, 0) is 14.8 Å². The first-order valence-corrected chi connectivity index (χ1v) is 12.1. The Balaban J connectivity index is 1.88. The van der Waals surface area contributed by atoms with Crippen LogP contribution in [0.1, 0.15) is 40.3 Å². The van der Waals surface area contributed by atoms with E-state index in [0.29, 0.717) is 23.0 Å². The Morgan fingerprint density at radius 2 is 1.77 bits per heavy atom. The highest BCUT2D eigenvalue weighted by Crippen LogP contribution is 2.32. The number of nitrogens with one attached hydrogen (secondary N) is 1. The van der Waals surface area contributed by atoms with Crippen molar-refractivity contribution in [3.05, 3.63) is 40.8 Å². The number of piperidine rings is 1. The molecule has 0 radical (unpaired) electrons. The van der Waals surface area contributed by atoms with Crippen LogP contribution in [0, 0.1) is 11.8 Å². The van der Waals surface area contributed by atoms with E-state index in [2.05, 4.69) is 10.1 Å². The Hall–Kier alpha value is -2.43. The Bertz CT molecular complexity index is 1070. The molecule has 0 bridgehead atoms. The van der Waals surface area contributed by atoms with Gasteiger partial charge < -0.3 is 14.8 Å². The summed E-state index contributed by atoms with van der Waals surface area (Å²) in [6.45, 7) is 4.92. The molecule has 1 aromatic heterocycles. The third-order valence-electron chi connectivity index (χ3n) is 5.11. The van der Waals surface area contributed by atoms with Gasteiger partial charge in [0, 0.05) is 18.7 Å². The Morgan fingerprint density at radius 1 is 1.10 bits per heavy atom. The van der Waals surface area contributed by atoms with Gasteiger partial charge in [0.25, 0.3) is 5.91 Å². The quantitative estimate of drug-likeness (QED) is 0.654. The van der Waals surface area contributed by atoms with Crippen LogP contribution in [0.2, 0.25) is 0 Å². The number of carbonyl (C=O) groups is 2. The van der Waals surface area contributed by atoms with Crippen molar-refractivity contribution in [3.8, 4) is 5.75 Å². The van der Waals surface area contributed by atoms with Crippen LogP contribution in [-0.4, -0.2) is 51.9 Å². The summed E-state index contributed by atoms with van der Waals surface area (Å²) >= 11 is 1.07. The summed E-state index contributed by atoms with van der Waals surface area (Å²) in [7, 11) is -1.16. The normalized spacial score (nSPS) is 19.6. The van der Waals surface area contributed by atoms with Crippen LogP contribution in [0.25, 0.3) is 0 Å². The van der Waals surface area contributed by atoms with Crippen LogP contribution in [0.5, 0.6) is 5.75 Å². The van der Waals surface area contributed by atoms with Crippen molar-refractivity contribution in [2.75, 3.05) is 32.6 Å². The lowest BCUT2D eigenvalue weighted by atomic mass is 9.94. The van der Waals surface area contributed by atoms with E-state index in [-0.39, 0.29) is 28.0 Å². The van der Waals surface area contributed by atoms with E-state index in [4.69, 9.17) is 4.74 Å². The fourth-order valence-corrected chi connectivity index (χ4v) is 6.44. The largest absolute Gasteiger partial charge is 0.495 e. The van der Waals surface area contributed by atoms with Gasteiger partial charge in [0.2, 0.25) is 10.0 Å². The molecule has 1 N–H and O–H groups in total. The Morgan fingerprint density at radius 3 is 2.39 bits per heavy atom. The molecule has 1 aliphatic heterocycles. The number of carbonyl (C=O) groups excluding carboxylic acids is 2. The summed E-state index contributed by atoms with van der Waals surface area (Å²) in [5.41, 5.74) is 0.172. The van der Waals surface area contributed by atoms with E-state index >= 15 is 0 Å². The van der Waals surface area contributed by atoms with Gasteiger partial charge >= 0.3 is 5.97 Å². The van der Waals surface area contributed by atoms with Crippen LogP contribution in [0.4, 0.5) is 5.00 Å². The average molecular weight is 467 g/mol. The summed E-state index contributed by atoms with van der Waals surface area (Å²) in [6.07, 6.45) is 0.972. The fraction of sp³-hybridized carbons (Fsp3) is 0.429. The van der Waals surface area contributed by atoms with Crippen molar-refractivity contribution in [2.45, 2.75) is 25.2 Å². The number of sulfonamides is 1. The minimum absolute atomic E-state index is 0.0367. The van der Waals surface area contributed by atoms with Crippen LogP contribution < -0.4 is 10.1 Å². The molecule has 1 aliphatic rings. The van der Waals surface area contributed by atoms with Gasteiger partial charge in [0.15, 0.2) is 0 Å². The molecule has 2 heterocycles. The molecule has 1 aromatic carbocycles. The molecule has 0 aliphatic carbocycles. The van der Waals surface area contributed by atoms with E-state index < -0.39 is 21.9 Å². The molecule has 3 rings (SSSR count). The minimum Gasteiger partial charge on any atom is -0.495 e. The number of hydrogen-bond donors (Lipinski definition) is 1. The highest BCUT2D eigenvalue weighted by Gasteiger charge is 2.34. The van der Waals surface area contributed by atoms with Crippen molar-refractivity contribution in [2.24, 2.45) is 11.8 Å². The Labute approximate surface area is 186 Å². The standard InChI is InChI=1S/C21H26N2O6S2/c1-13-9-14(2)12-23(11-13)31(26,27)18-10-15(5-6-16(18)28-3)20(24)22-19-8-7-17(30-19)21(25)29-4/h5-8,10,13-14H,9,11-12H2,1-4H3,(H,22,24)/t13-,14+. The third-order valence-corrected chi connectivity index (χ3v) is 7.94. The number of hydrogen-bond acceptors (Lipinski definition) is 7. The second kappa shape index (κ2) is 9.37. The zero-order chi connectivity index (χ0) is 22.8. The maximum absolute atomic E-state index is 13.4. The van der Waals surface area contributed by atoms with Crippen molar-refractivity contribution >= 4 is 38.2 Å². The minimum atomic E-state index is -3.84. The first-order valence-electron chi connectivity index (χ1n) is 9.83. The molecular weight excluding hydrogens is 440 g/mol. The van der Waals surface area contributed by atoms with Gasteiger partial charge in [-0.2, -0.15) is 4.31 Å². The van der Waals surface area contributed by atoms with Crippen molar-refractivity contribution in [1.82, 2.24) is 4.31 Å². The van der Waals surface area contributed by atoms with Crippen molar-refractivity contribution in [3.63, 3.8) is 0 Å². The molecule has 0 saturated carbocycles. The zero-order valence-electron chi connectivity index (χ0n) is 17.9. The van der Waals surface area contributed by atoms with Gasteiger partial charge in [-0.3, -0.25) is 4.79 Å². The van der Waals surface area contributed by atoms with E-state index in [1.165, 1.54) is 36.7 Å². The average Bonchev–Trinajstić information content (AvgIpc) is 3.20. The number of amides is 1. The highest BCUT2D eigenvalue weighted by atomic mass is 32.2. The second-order valence-electron chi connectivity index (χ2n) is 7.74. The summed E-state index contributed by atoms with van der Waals surface area (Å²) in [5.74, 6) is -0.296. The Kier molecular flexibility index (Phi) is 7.03. The lowest BCUT2D eigenvalue weighted by molar-refractivity contribution is 0.0606. The molecule has 10 heteroatoms. The van der Waals surface area contributed by atoms with Crippen molar-refractivity contribution in [1.29, 1.82) is 0 Å². The molecule has 8 nitrogen and oxygen atoms in total. The molecule has 168 valence electrons. The maximum Gasteiger partial charge on any atom is 0.348 e.